The number of amides is 1. The first-order valence-corrected chi connectivity index (χ1v) is 11.8. The zero-order chi connectivity index (χ0) is 23.8. The van der Waals surface area contributed by atoms with Crippen LogP contribution in [-0.4, -0.2) is 39.5 Å². The molecule has 2 aromatic heterocycles. The van der Waals surface area contributed by atoms with Crippen LogP contribution in [0.2, 0.25) is 0 Å². The van der Waals surface area contributed by atoms with Crippen LogP contribution in [0, 0.1) is 0 Å². The molecule has 34 heavy (non-hydrogen) atoms. The first-order chi connectivity index (χ1) is 16.5. The lowest BCUT2D eigenvalue weighted by Gasteiger charge is -2.32. The summed E-state index contributed by atoms with van der Waals surface area (Å²) in [7, 11) is 0. The van der Waals surface area contributed by atoms with Crippen molar-refractivity contribution in [2.45, 2.75) is 51.9 Å². The van der Waals surface area contributed by atoms with Gasteiger partial charge in [0.1, 0.15) is 12.4 Å². The van der Waals surface area contributed by atoms with Crippen LogP contribution in [0.15, 0.2) is 71.9 Å². The lowest BCUT2D eigenvalue weighted by atomic mass is 10.0. The van der Waals surface area contributed by atoms with E-state index < -0.39 is 0 Å². The van der Waals surface area contributed by atoms with Crippen LogP contribution in [-0.2, 0) is 30.9 Å². The van der Waals surface area contributed by atoms with Gasteiger partial charge in [-0.1, -0.05) is 24.3 Å². The normalized spacial score (nSPS) is 14.6. The number of piperidine rings is 1. The molecular weight excluding hydrogens is 428 g/mol. The van der Waals surface area contributed by atoms with Gasteiger partial charge in [-0.15, -0.1) is 0 Å². The number of benzene rings is 1. The highest BCUT2D eigenvalue weighted by molar-refractivity contribution is 5.73. The number of likely N-dealkylation sites (tertiary alicyclic amines) is 1. The van der Waals surface area contributed by atoms with Crippen molar-refractivity contribution in [3.63, 3.8) is 0 Å². The number of ether oxygens (including phenoxy) is 1. The summed E-state index contributed by atoms with van der Waals surface area (Å²) in [6.45, 7) is 5.54. The highest BCUT2D eigenvalue weighted by atomic mass is 16.5. The van der Waals surface area contributed by atoms with Crippen molar-refractivity contribution in [1.82, 2.24) is 19.8 Å². The van der Waals surface area contributed by atoms with E-state index in [0.29, 0.717) is 24.9 Å². The molecule has 1 aromatic carbocycles. The first kappa shape index (κ1) is 23.7. The Morgan fingerprint density at radius 1 is 1.03 bits per heavy atom. The number of hydrogen-bond donors (Lipinski definition) is 1. The molecule has 0 unspecified atom stereocenters. The number of carbonyl (C=O) groups is 1. The maximum atomic E-state index is 12.5. The van der Waals surface area contributed by atoms with Gasteiger partial charge in [-0.05, 0) is 54.2 Å². The summed E-state index contributed by atoms with van der Waals surface area (Å²) in [6.07, 6.45) is 8.03. The molecule has 7 heteroatoms. The average Bonchev–Trinajstić information content (AvgIpc) is 2.85. The summed E-state index contributed by atoms with van der Waals surface area (Å²) in [6, 6.07) is 16.1. The minimum absolute atomic E-state index is 0.0570. The zero-order valence-corrected chi connectivity index (χ0v) is 19.7. The molecule has 7 nitrogen and oxygen atoms in total. The molecule has 1 amide bonds. The second kappa shape index (κ2) is 11.6. The van der Waals surface area contributed by atoms with Gasteiger partial charge in [0, 0.05) is 63.8 Å². The molecule has 1 saturated heterocycles. The van der Waals surface area contributed by atoms with E-state index in [-0.39, 0.29) is 11.5 Å². The van der Waals surface area contributed by atoms with Crippen molar-refractivity contribution in [1.29, 1.82) is 0 Å². The molecule has 178 valence electrons. The standard InChI is InChI=1S/C27H32N4O3/c1-21(32)29-25-9-14-30(15-10-25)19-23-4-2-22(3-5-23)8-16-31-17-11-26(18-27(31)33)34-20-24-6-12-28-13-7-24/h2-7,11-13,17-18,25H,8-10,14-16,19-20H2,1H3,(H,29,32). The summed E-state index contributed by atoms with van der Waals surface area (Å²) in [5, 5.41) is 3.02. The third-order valence-electron chi connectivity index (χ3n) is 6.19. The second-order valence-electron chi connectivity index (χ2n) is 8.86. The molecule has 3 heterocycles. The molecule has 4 rings (SSSR count). The fourth-order valence-electron chi connectivity index (χ4n) is 4.25. The van der Waals surface area contributed by atoms with Crippen LogP contribution in [0.5, 0.6) is 5.75 Å². The molecule has 0 saturated carbocycles. The second-order valence-corrected chi connectivity index (χ2v) is 8.86. The van der Waals surface area contributed by atoms with Crippen molar-refractivity contribution >= 4 is 5.91 Å². The predicted molar refractivity (Wildman–Crippen MR) is 132 cm³/mol. The van der Waals surface area contributed by atoms with Crippen LogP contribution >= 0.6 is 0 Å². The molecule has 0 spiro atoms. The zero-order valence-electron chi connectivity index (χ0n) is 19.7. The van der Waals surface area contributed by atoms with Crippen molar-refractivity contribution < 1.29 is 9.53 Å². The van der Waals surface area contributed by atoms with E-state index in [1.165, 1.54) is 11.1 Å². The molecule has 1 N–H and O–H groups in total. The Bertz CT molecular complexity index is 1120. The molecule has 0 bridgehead atoms. The summed E-state index contributed by atoms with van der Waals surface area (Å²) >= 11 is 0. The first-order valence-electron chi connectivity index (χ1n) is 11.8. The third kappa shape index (κ3) is 7.02. The van der Waals surface area contributed by atoms with E-state index in [9.17, 15) is 9.59 Å². The van der Waals surface area contributed by atoms with E-state index in [4.69, 9.17) is 4.74 Å². The molecule has 1 aliphatic heterocycles. The Morgan fingerprint density at radius 3 is 2.41 bits per heavy atom. The van der Waals surface area contributed by atoms with Gasteiger partial charge in [-0.2, -0.15) is 0 Å². The Kier molecular flexibility index (Phi) is 8.09. The largest absolute Gasteiger partial charge is 0.489 e. The molecular formula is C27H32N4O3. The average molecular weight is 461 g/mol. The van der Waals surface area contributed by atoms with E-state index in [1.54, 1.807) is 36.1 Å². The Hall–Kier alpha value is -3.45. The Morgan fingerprint density at radius 2 is 1.74 bits per heavy atom. The van der Waals surface area contributed by atoms with Crippen LogP contribution in [0.4, 0.5) is 0 Å². The number of hydrogen-bond acceptors (Lipinski definition) is 5. The monoisotopic (exact) mass is 460 g/mol. The van der Waals surface area contributed by atoms with Crippen molar-refractivity contribution in [2.75, 3.05) is 13.1 Å². The summed E-state index contributed by atoms with van der Waals surface area (Å²) in [5.74, 6) is 0.630. The van der Waals surface area contributed by atoms with Crippen LogP contribution in [0.25, 0.3) is 0 Å². The van der Waals surface area contributed by atoms with Gasteiger partial charge in [0.2, 0.25) is 5.91 Å². The number of aromatic nitrogens is 2. The fourth-order valence-corrected chi connectivity index (χ4v) is 4.25. The lowest BCUT2D eigenvalue weighted by molar-refractivity contribution is -0.119. The van der Waals surface area contributed by atoms with Gasteiger partial charge in [0.05, 0.1) is 0 Å². The van der Waals surface area contributed by atoms with Gasteiger partial charge in [-0.3, -0.25) is 19.5 Å². The molecule has 0 atom stereocenters. The maximum Gasteiger partial charge on any atom is 0.254 e. The van der Waals surface area contributed by atoms with Gasteiger partial charge in [0.15, 0.2) is 0 Å². The topological polar surface area (TPSA) is 76.5 Å². The summed E-state index contributed by atoms with van der Waals surface area (Å²) in [5.41, 5.74) is 3.44. The minimum Gasteiger partial charge on any atom is -0.489 e. The van der Waals surface area contributed by atoms with Gasteiger partial charge >= 0.3 is 0 Å². The SMILES string of the molecule is CC(=O)NC1CCN(Cc2ccc(CCn3ccc(OCc4ccncc4)cc3=O)cc2)CC1. The molecule has 0 aliphatic carbocycles. The highest BCUT2D eigenvalue weighted by Gasteiger charge is 2.19. The fraction of sp³-hybridized carbons (Fsp3) is 0.370. The van der Waals surface area contributed by atoms with Crippen LogP contribution in [0.1, 0.15) is 36.5 Å². The summed E-state index contributed by atoms with van der Waals surface area (Å²) in [4.78, 5) is 30.1. The smallest absolute Gasteiger partial charge is 0.254 e. The maximum absolute atomic E-state index is 12.5. The number of rotatable bonds is 9. The molecule has 0 radical (unpaired) electrons. The Balaban J connectivity index is 1.23. The molecule has 1 fully saturated rings. The molecule has 1 aliphatic rings. The molecule has 3 aromatic rings. The van der Waals surface area contributed by atoms with Gasteiger partial charge in [0.25, 0.3) is 5.56 Å². The van der Waals surface area contributed by atoms with Gasteiger partial charge < -0.3 is 14.6 Å². The van der Waals surface area contributed by atoms with Crippen LogP contribution in [0.3, 0.4) is 0 Å². The van der Waals surface area contributed by atoms with E-state index in [2.05, 4.69) is 39.5 Å². The van der Waals surface area contributed by atoms with E-state index >= 15 is 0 Å². The number of carbonyl (C=O) groups excluding carboxylic acids is 1. The van der Waals surface area contributed by atoms with E-state index in [0.717, 1.165) is 44.5 Å². The quantitative estimate of drug-likeness (QED) is 0.531. The number of nitrogens with one attached hydrogen (secondary N) is 1. The third-order valence-corrected chi connectivity index (χ3v) is 6.19. The van der Waals surface area contributed by atoms with Gasteiger partial charge in [-0.25, -0.2) is 0 Å². The predicted octanol–water partition coefficient (Wildman–Crippen LogP) is 3.17. The highest BCUT2D eigenvalue weighted by Crippen LogP contribution is 2.15. The van der Waals surface area contributed by atoms with E-state index in [1.807, 2.05) is 18.2 Å². The summed E-state index contributed by atoms with van der Waals surface area (Å²) < 4.78 is 7.44. The van der Waals surface area contributed by atoms with Crippen molar-refractivity contribution in [2.24, 2.45) is 0 Å². The number of pyridine rings is 2. The van der Waals surface area contributed by atoms with Crippen LogP contribution < -0.4 is 15.6 Å². The Labute approximate surface area is 200 Å². The number of aryl methyl sites for hydroxylation is 2. The number of nitrogens with zero attached hydrogens (tertiary/aromatic N) is 3. The van der Waals surface area contributed by atoms with Crippen molar-refractivity contribution in [3.8, 4) is 5.75 Å². The minimum atomic E-state index is -0.0634. The lowest BCUT2D eigenvalue weighted by Crippen LogP contribution is -2.43. The van der Waals surface area contributed by atoms with Crippen molar-refractivity contribution in [3.05, 3.63) is 94.2 Å².